The number of fused-ring (bicyclic) bond motifs is 3. The molecule has 0 saturated carbocycles. The second kappa shape index (κ2) is 4.56. The van der Waals surface area contributed by atoms with E-state index in [-0.39, 0.29) is 5.56 Å². The van der Waals surface area contributed by atoms with Gasteiger partial charge >= 0.3 is 0 Å². The summed E-state index contributed by atoms with van der Waals surface area (Å²) in [6.07, 6.45) is 0. The topological polar surface area (TPSA) is 45.8 Å². The molecule has 1 N–H and O–H groups in total. The summed E-state index contributed by atoms with van der Waals surface area (Å²) in [4.78, 5) is 20.0. The van der Waals surface area contributed by atoms with E-state index >= 15 is 0 Å². The first-order valence-corrected chi connectivity index (χ1v) is 6.80. The van der Waals surface area contributed by atoms with E-state index < -0.39 is 0 Å². The van der Waals surface area contributed by atoms with Crippen molar-refractivity contribution in [3.05, 3.63) is 77.1 Å². The number of nitrogens with zero attached hydrogens (tertiary/aromatic N) is 1. The highest BCUT2D eigenvalue weighted by atomic mass is 16.1. The summed E-state index contributed by atoms with van der Waals surface area (Å²) in [5.74, 6) is 0.600. The molecule has 1 heterocycles. The first-order chi connectivity index (χ1) is 10.3. The van der Waals surface area contributed by atoms with E-state index in [1.54, 1.807) is 0 Å². The maximum atomic E-state index is 12.5. The van der Waals surface area contributed by atoms with Gasteiger partial charge < -0.3 is 4.98 Å². The predicted molar refractivity (Wildman–Crippen MR) is 85.3 cm³/mol. The quantitative estimate of drug-likeness (QED) is 0.536. The lowest BCUT2D eigenvalue weighted by Crippen LogP contribution is -2.10. The average Bonchev–Trinajstić information content (AvgIpc) is 2.55. The largest absolute Gasteiger partial charge is 0.306 e. The van der Waals surface area contributed by atoms with Gasteiger partial charge in [-0.1, -0.05) is 60.7 Å². The summed E-state index contributed by atoms with van der Waals surface area (Å²) in [6.45, 7) is 0. The number of benzene rings is 3. The average molecular weight is 272 g/mol. The van der Waals surface area contributed by atoms with Gasteiger partial charge in [0.15, 0.2) is 0 Å². The Bertz CT molecular complexity index is 1000. The van der Waals surface area contributed by atoms with Crippen LogP contribution in [0.2, 0.25) is 0 Å². The molecular formula is C18H12N2O. The van der Waals surface area contributed by atoms with Crippen LogP contribution in [0.15, 0.2) is 71.5 Å². The highest BCUT2D eigenvalue weighted by Crippen LogP contribution is 2.23. The molecular weight excluding hydrogens is 260 g/mol. The van der Waals surface area contributed by atoms with Crippen molar-refractivity contribution in [1.29, 1.82) is 0 Å². The first-order valence-electron chi connectivity index (χ1n) is 6.80. The molecule has 3 aromatic carbocycles. The van der Waals surface area contributed by atoms with Crippen LogP contribution in [0, 0.1) is 0 Å². The highest BCUT2D eigenvalue weighted by Gasteiger charge is 2.08. The number of aromatic nitrogens is 2. The van der Waals surface area contributed by atoms with Crippen molar-refractivity contribution in [1.82, 2.24) is 9.97 Å². The summed E-state index contributed by atoms with van der Waals surface area (Å²) in [5, 5.41) is 2.63. The van der Waals surface area contributed by atoms with Gasteiger partial charge in [-0.3, -0.25) is 4.79 Å². The van der Waals surface area contributed by atoms with Crippen molar-refractivity contribution in [2.24, 2.45) is 0 Å². The molecule has 4 aromatic rings. The van der Waals surface area contributed by atoms with Crippen molar-refractivity contribution in [2.45, 2.75) is 0 Å². The maximum Gasteiger partial charge on any atom is 0.259 e. The van der Waals surface area contributed by atoms with Gasteiger partial charge in [0.25, 0.3) is 5.56 Å². The van der Waals surface area contributed by atoms with Crippen molar-refractivity contribution in [3.8, 4) is 11.4 Å². The van der Waals surface area contributed by atoms with Gasteiger partial charge in [-0.2, -0.15) is 0 Å². The molecule has 0 radical (unpaired) electrons. The fourth-order valence-corrected chi connectivity index (χ4v) is 2.64. The van der Waals surface area contributed by atoms with E-state index in [9.17, 15) is 4.79 Å². The van der Waals surface area contributed by atoms with E-state index in [4.69, 9.17) is 0 Å². The molecule has 4 rings (SSSR count). The molecule has 0 aliphatic carbocycles. The second-order valence-electron chi connectivity index (χ2n) is 4.96. The Morgan fingerprint density at radius 3 is 2.43 bits per heavy atom. The zero-order valence-corrected chi connectivity index (χ0v) is 11.2. The smallest absolute Gasteiger partial charge is 0.259 e. The molecule has 0 unspecified atom stereocenters. The number of H-pyrrole nitrogens is 1. The zero-order valence-electron chi connectivity index (χ0n) is 11.2. The minimum atomic E-state index is -0.101. The Morgan fingerprint density at radius 2 is 1.57 bits per heavy atom. The highest BCUT2D eigenvalue weighted by molar-refractivity contribution is 6.05. The van der Waals surface area contributed by atoms with Gasteiger partial charge in [0, 0.05) is 5.56 Å². The summed E-state index contributed by atoms with van der Waals surface area (Å²) < 4.78 is 0. The lowest BCUT2D eigenvalue weighted by Gasteiger charge is -2.05. The van der Waals surface area contributed by atoms with Gasteiger partial charge in [-0.25, -0.2) is 4.98 Å². The summed E-state index contributed by atoms with van der Waals surface area (Å²) in [7, 11) is 0. The molecule has 0 fully saturated rings. The Labute approximate surface area is 120 Å². The van der Waals surface area contributed by atoms with Crippen molar-refractivity contribution in [3.63, 3.8) is 0 Å². The summed E-state index contributed by atoms with van der Waals surface area (Å²) >= 11 is 0. The Hall–Kier alpha value is -2.94. The second-order valence-corrected chi connectivity index (χ2v) is 4.96. The lowest BCUT2D eigenvalue weighted by molar-refractivity contribution is 1.18. The Morgan fingerprint density at radius 1 is 0.810 bits per heavy atom. The van der Waals surface area contributed by atoms with Crippen LogP contribution in [0.4, 0.5) is 0 Å². The molecule has 0 aliphatic heterocycles. The molecule has 1 aromatic heterocycles. The van der Waals surface area contributed by atoms with Gasteiger partial charge in [0.05, 0.1) is 10.9 Å². The van der Waals surface area contributed by atoms with Gasteiger partial charge in [0.2, 0.25) is 0 Å². The molecule has 3 nitrogen and oxygen atoms in total. The van der Waals surface area contributed by atoms with Crippen molar-refractivity contribution in [2.75, 3.05) is 0 Å². The SMILES string of the molecule is O=c1[nH]c(-c2ccccc2)nc2ccc3ccccc3c12. The van der Waals surface area contributed by atoms with E-state index in [1.807, 2.05) is 66.7 Å². The third-order valence-corrected chi connectivity index (χ3v) is 3.65. The minimum absolute atomic E-state index is 0.101. The molecule has 21 heavy (non-hydrogen) atoms. The Kier molecular flexibility index (Phi) is 2.57. The number of aromatic amines is 1. The fourth-order valence-electron chi connectivity index (χ4n) is 2.64. The van der Waals surface area contributed by atoms with Crippen LogP contribution in [-0.4, -0.2) is 9.97 Å². The standard InChI is InChI=1S/C18H12N2O/c21-18-16-14-9-5-4-6-12(14)10-11-15(16)19-17(20-18)13-7-2-1-3-8-13/h1-11H,(H,19,20,21). The molecule has 0 saturated heterocycles. The molecule has 3 heteroatoms. The van der Waals surface area contributed by atoms with E-state index in [0.717, 1.165) is 21.9 Å². The number of hydrogen-bond donors (Lipinski definition) is 1. The van der Waals surface area contributed by atoms with Crippen LogP contribution in [-0.2, 0) is 0 Å². The van der Waals surface area contributed by atoms with Crippen LogP contribution < -0.4 is 5.56 Å². The van der Waals surface area contributed by atoms with E-state index in [0.29, 0.717) is 11.2 Å². The third-order valence-electron chi connectivity index (χ3n) is 3.65. The molecule has 0 aliphatic rings. The van der Waals surface area contributed by atoms with Gasteiger partial charge in [-0.05, 0) is 16.8 Å². The maximum absolute atomic E-state index is 12.5. The molecule has 0 amide bonds. The third kappa shape index (κ3) is 1.91. The number of nitrogens with one attached hydrogen (secondary N) is 1. The summed E-state index contributed by atoms with van der Waals surface area (Å²) in [6, 6.07) is 21.4. The van der Waals surface area contributed by atoms with Crippen molar-refractivity contribution < 1.29 is 0 Å². The normalized spacial score (nSPS) is 11.0. The molecule has 0 bridgehead atoms. The fraction of sp³-hybridized carbons (Fsp3) is 0. The Balaban J connectivity index is 2.09. The predicted octanol–water partition coefficient (Wildman–Crippen LogP) is 3.74. The van der Waals surface area contributed by atoms with E-state index in [1.165, 1.54) is 0 Å². The van der Waals surface area contributed by atoms with Crippen LogP contribution >= 0.6 is 0 Å². The van der Waals surface area contributed by atoms with Crippen LogP contribution in [0.1, 0.15) is 0 Å². The monoisotopic (exact) mass is 272 g/mol. The van der Waals surface area contributed by atoms with Gasteiger partial charge in [-0.15, -0.1) is 0 Å². The number of hydrogen-bond acceptors (Lipinski definition) is 2. The van der Waals surface area contributed by atoms with Crippen LogP contribution in [0.3, 0.4) is 0 Å². The molecule has 0 atom stereocenters. The van der Waals surface area contributed by atoms with E-state index in [2.05, 4.69) is 9.97 Å². The first kappa shape index (κ1) is 11.9. The van der Waals surface area contributed by atoms with Crippen LogP contribution in [0.25, 0.3) is 33.1 Å². The van der Waals surface area contributed by atoms with Gasteiger partial charge in [0.1, 0.15) is 5.82 Å². The zero-order chi connectivity index (χ0) is 14.2. The minimum Gasteiger partial charge on any atom is -0.306 e. The molecule has 0 spiro atoms. The van der Waals surface area contributed by atoms with Crippen molar-refractivity contribution >= 4 is 21.7 Å². The molecule has 100 valence electrons. The summed E-state index contributed by atoms with van der Waals surface area (Å²) in [5.41, 5.74) is 1.52. The van der Waals surface area contributed by atoms with Crippen LogP contribution in [0.5, 0.6) is 0 Å². The number of rotatable bonds is 1. The lowest BCUT2D eigenvalue weighted by atomic mass is 10.1.